The number of carbonyl (C=O) groups is 1. The highest BCUT2D eigenvalue weighted by atomic mass is 32.2. The number of amides is 1. The monoisotopic (exact) mass is 399 g/mol. The molecule has 0 aliphatic carbocycles. The molecule has 1 aromatic heterocycles. The molecule has 0 spiro atoms. The van der Waals surface area contributed by atoms with Crippen molar-refractivity contribution in [1.82, 2.24) is 15.2 Å². The first kappa shape index (κ1) is 19.4. The number of aromatic nitrogens is 3. The second kappa shape index (κ2) is 8.53. The summed E-state index contributed by atoms with van der Waals surface area (Å²) in [7, 11) is 1.42. The van der Waals surface area contributed by atoms with Gasteiger partial charge in [-0.15, -0.1) is 5.10 Å². The first-order chi connectivity index (χ1) is 13.5. The van der Waals surface area contributed by atoms with Crippen LogP contribution in [-0.4, -0.2) is 38.4 Å². The van der Waals surface area contributed by atoms with Gasteiger partial charge in [-0.1, -0.05) is 42.1 Å². The zero-order valence-corrected chi connectivity index (χ0v) is 15.9. The largest absolute Gasteiger partial charge is 0.495 e. The molecule has 0 saturated heterocycles. The minimum Gasteiger partial charge on any atom is -0.495 e. The van der Waals surface area contributed by atoms with Crippen molar-refractivity contribution in [3.8, 4) is 17.1 Å². The Kier molecular flexibility index (Phi) is 5.90. The van der Waals surface area contributed by atoms with E-state index in [0.717, 1.165) is 5.56 Å². The molecule has 0 unspecified atom stereocenters. The highest BCUT2D eigenvalue weighted by molar-refractivity contribution is 8.00. The molecule has 2 aromatic carbocycles. The average Bonchev–Trinajstić information content (AvgIpc) is 3.17. The van der Waals surface area contributed by atoms with E-state index in [4.69, 9.17) is 4.74 Å². The number of H-pyrrole nitrogens is 1. The van der Waals surface area contributed by atoms with E-state index >= 15 is 0 Å². The Labute approximate surface area is 164 Å². The standard InChI is InChI=1S/C18H17N5O4S/c1-11(28-18-20-16(21-22-18)12-6-4-3-5-7-12)17(24)19-14-10-13(23(25)26)8-9-15(14)27-2/h3-11H,1-2H3,(H,19,24)(H,20,21,22)/t11-/m0/s1. The van der Waals surface area contributed by atoms with Gasteiger partial charge in [0.15, 0.2) is 5.82 Å². The van der Waals surface area contributed by atoms with Crippen LogP contribution >= 0.6 is 11.8 Å². The number of ether oxygens (including phenoxy) is 1. The number of methoxy groups -OCH3 is 1. The summed E-state index contributed by atoms with van der Waals surface area (Å²) in [5.41, 5.74) is 0.979. The van der Waals surface area contributed by atoms with Crippen LogP contribution in [0.15, 0.2) is 53.7 Å². The van der Waals surface area contributed by atoms with Gasteiger partial charge < -0.3 is 10.1 Å². The van der Waals surface area contributed by atoms with Crippen LogP contribution in [0.2, 0.25) is 0 Å². The van der Waals surface area contributed by atoms with E-state index in [-0.39, 0.29) is 17.3 Å². The zero-order chi connectivity index (χ0) is 20.1. The van der Waals surface area contributed by atoms with Crippen LogP contribution in [0.5, 0.6) is 5.75 Å². The number of hydrogen-bond acceptors (Lipinski definition) is 7. The summed E-state index contributed by atoms with van der Waals surface area (Å²) in [6.45, 7) is 1.70. The number of anilines is 1. The summed E-state index contributed by atoms with van der Waals surface area (Å²) in [6, 6.07) is 13.5. The summed E-state index contributed by atoms with van der Waals surface area (Å²) >= 11 is 1.17. The van der Waals surface area contributed by atoms with Crippen LogP contribution in [0.3, 0.4) is 0 Å². The normalized spacial score (nSPS) is 11.6. The van der Waals surface area contributed by atoms with Crippen molar-refractivity contribution in [2.24, 2.45) is 0 Å². The maximum Gasteiger partial charge on any atom is 0.271 e. The van der Waals surface area contributed by atoms with Crippen molar-refractivity contribution in [3.05, 3.63) is 58.6 Å². The van der Waals surface area contributed by atoms with Crippen LogP contribution in [0, 0.1) is 10.1 Å². The molecule has 3 rings (SSSR count). The topological polar surface area (TPSA) is 123 Å². The van der Waals surface area contributed by atoms with Crippen molar-refractivity contribution < 1.29 is 14.5 Å². The van der Waals surface area contributed by atoms with Crippen LogP contribution in [0.1, 0.15) is 6.92 Å². The van der Waals surface area contributed by atoms with Crippen LogP contribution in [-0.2, 0) is 4.79 Å². The Balaban J connectivity index is 1.69. The minimum absolute atomic E-state index is 0.141. The second-order valence-electron chi connectivity index (χ2n) is 5.72. The molecule has 0 fully saturated rings. The van der Waals surface area contributed by atoms with Crippen molar-refractivity contribution in [2.45, 2.75) is 17.3 Å². The predicted molar refractivity (Wildman–Crippen MR) is 105 cm³/mol. The maximum absolute atomic E-state index is 12.5. The number of hydrogen-bond donors (Lipinski definition) is 2. The van der Waals surface area contributed by atoms with E-state index < -0.39 is 10.2 Å². The molecule has 144 valence electrons. The van der Waals surface area contributed by atoms with Crippen LogP contribution in [0.4, 0.5) is 11.4 Å². The Hall–Kier alpha value is -3.40. The number of aromatic amines is 1. The third kappa shape index (κ3) is 4.46. The fourth-order valence-electron chi connectivity index (χ4n) is 2.38. The molecule has 1 atom stereocenters. The summed E-state index contributed by atoms with van der Waals surface area (Å²) < 4.78 is 5.16. The number of thioether (sulfide) groups is 1. The van der Waals surface area contributed by atoms with Gasteiger partial charge in [0, 0.05) is 17.7 Å². The Bertz CT molecular complexity index is 993. The van der Waals surface area contributed by atoms with Crippen molar-refractivity contribution in [2.75, 3.05) is 12.4 Å². The molecule has 0 aliphatic heterocycles. The lowest BCUT2D eigenvalue weighted by atomic mass is 10.2. The van der Waals surface area contributed by atoms with Gasteiger partial charge >= 0.3 is 0 Å². The zero-order valence-electron chi connectivity index (χ0n) is 15.1. The number of nitro groups is 1. The Morgan fingerprint density at radius 1 is 1.29 bits per heavy atom. The van der Waals surface area contributed by atoms with Crippen molar-refractivity contribution in [3.63, 3.8) is 0 Å². The number of nitrogens with one attached hydrogen (secondary N) is 2. The minimum atomic E-state index is -0.539. The van der Waals surface area contributed by atoms with Crippen molar-refractivity contribution >= 4 is 29.0 Å². The molecule has 1 amide bonds. The summed E-state index contributed by atoms with van der Waals surface area (Å²) in [5, 5.41) is 20.5. The molecule has 0 radical (unpaired) electrons. The van der Waals surface area contributed by atoms with Gasteiger partial charge in [-0.3, -0.25) is 20.0 Å². The van der Waals surface area contributed by atoms with E-state index in [9.17, 15) is 14.9 Å². The predicted octanol–water partition coefficient (Wildman–Crippen LogP) is 3.51. The summed E-state index contributed by atoms with van der Waals surface area (Å²) in [6.07, 6.45) is 0. The Morgan fingerprint density at radius 2 is 2.04 bits per heavy atom. The molecular formula is C18H17N5O4S. The molecule has 28 heavy (non-hydrogen) atoms. The number of nitro benzene ring substituents is 1. The van der Waals surface area contributed by atoms with Crippen LogP contribution < -0.4 is 10.1 Å². The SMILES string of the molecule is COc1ccc([N+](=O)[O-])cc1NC(=O)[C@H](C)Sc1n[nH]c(-c2ccccc2)n1. The smallest absolute Gasteiger partial charge is 0.271 e. The molecule has 0 aliphatic rings. The molecule has 2 N–H and O–H groups in total. The van der Waals surface area contributed by atoms with E-state index in [1.54, 1.807) is 6.92 Å². The number of nitrogens with zero attached hydrogens (tertiary/aromatic N) is 3. The van der Waals surface area contributed by atoms with E-state index in [1.165, 1.54) is 37.1 Å². The quantitative estimate of drug-likeness (QED) is 0.354. The van der Waals surface area contributed by atoms with E-state index in [2.05, 4.69) is 20.5 Å². The lowest BCUT2D eigenvalue weighted by Crippen LogP contribution is -2.23. The molecule has 0 bridgehead atoms. The second-order valence-corrected chi connectivity index (χ2v) is 7.03. The lowest BCUT2D eigenvalue weighted by molar-refractivity contribution is -0.384. The van der Waals surface area contributed by atoms with Crippen molar-refractivity contribution in [1.29, 1.82) is 0 Å². The first-order valence-electron chi connectivity index (χ1n) is 8.25. The van der Waals surface area contributed by atoms with E-state index in [1.807, 2.05) is 30.3 Å². The number of benzene rings is 2. The summed E-state index contributed by atoms with van der Waals surface area (Å²) in [4.78, 5) is 27.3. The molecule has 3 aromatic rings. The average molecular weight is 399 g/mol. The molecule has 1 heterocycles. The number of rotatable bonds is 7. The van der Waals surface area contributed by atoms with Gasteiger partial charge in [0.2, 0.25) is 11.1 Å². The maximum atomic E-state index is 12.5. The molecule has 9 nitrogen and oxygen atoms in total. The number of carbonyl (C=O) groups excluding carboxylic acids is 1. The van der Waals surface area contributed by atoms with Gasteiger partial charge in [0.25, 0.3) is 5.69 Å². The summed E-state index contributed by atoms with van der Waals surface area (Å²) in [5.74, 6) is 0.589. The molecule has 0 saturated carbocycles. The first-order valence-corrected chi connectivity index (χ1v) is 9.13. The third-order valence-electron chi connectivity index (χ3n) is 3.82. The van der Waals surface area contributed by atoms with Gasteiger partial charge in [0.05, 0.1) is 23.0 Å². The number of non-ortho nitro benzene ring substituents is 1. The fraction of sp³-hybridized carbons (Fsp3) is 0.167. The van der Waals surface area contributed by atoms with Crippen LogP contribution in [0.25, 0.3) is 11.4 Å². The molecule has 10 heteroatoms. The van der Waals surface area contributed by atoms with Gasteiger partial charge in [-0.05, 0) is 13.0 Å². The van der Waals surface area contributed by atoms with Gasteiger partial charge in [0.1, 0.15) is 5.75 Å². The highest BCUT2D eigenvalue weighted by Crippen LogP contribution is 2.30. The molecular weight excluding hydrogens is 382 g/mol. The van der Waals surface area contributed by atoms with Gasteiger partial charge in [-0.2, -0.15) is 0 Å². The Morgan fingerprint density at radius 3 is 2.71 bits per heavy atom. The van der Waals surface area contributed by atoms with Gasteiger partial charge in [-0.25, -0.2) is 4.98 Å². The van der Waals surface area contributed by atoms with E-state index in [0.29, 0.717) is 16.7 Å². The third-order valence-corrected chi connectivity index (χ3v) is 4.78. The lowest BCUT2D eigenvalue weighted by Gasteiger charge is -2.13. The highest BCUT2D eigenvalue weighted by Gasteiger charge is 2.20. The fourth-order valence-corrected chi connectivity index (χ4v) is 3.10.